The Morgan fingerprint density at radius 1 is 0.722 bits per heavy atom. The van der Waals surface area contributed by atoms with Crippen LogP contribution in [0.2, 0.25) is 0 Å². The Bertz CT molecular complexity index is 2770. The topological polar surface area (TPSA) is 270 Å². The normalized spacial score (nSPS) is 11.7. The van der Waals surface area contributed by atoms with E-state index in [-0.39, 0.29) is 28.8 Å². The molecular weight excluding hydrogens is 695 g/mol. The van der Waals surface area contributed by atoms with Gasteiger partial charge in [0.25, 0.3) is 11.6 Å². The molecular formula is C31H19N23. The molecule has 0 bridgehead atoms. The molecule has 0 fully saturated rings. The van der Waals surface area contributed by atoms with Crippen LogP contribution in [0.3, 0.4) is 0 Å². The van der Waals surface area contributed by atoms with Crippen molar-refractivity contribution in [2.24, 2.45) is 20.5 Å². The highest BCUT2D eigenvalue weighted by atomic mass is 15.4. The van der Waals surface area contributed by atoms with Gasteiger partial charge in [0.05, 0.1) is 30.4 Å². The number of rotatable bonds is 8. The summed E-state index contributed by atoms with van der Waals surface area (Å²) in [6, 6.07) is 12.5. The van der Waals surface area contributed by atoms with E-state index in [0.29, 0.717) is 62.9 Å². The van der Waals surface area contributed by atoms with E-state index in [1.54, 1.807) is 77.9 Å². The van der Waals surface area contributed by atoms with Crippen LogP contribution in [0.15, 0.2) is 87.8 Å². The zero-order valence-electron chi connectivity index (χ0n) is 27.7. The van der Waals surface area contributed by atoms with Crippen molar-refractivity contribution >= 4 is 40.0 Å². The Balaban J connectivity index is 1.00. The van der Waals surface area contributed by atoms with Crippen molar-refractivity contribution in [3.05, 3.63) is 95.8 Å². The predicted molar refractivity (Wildman–Crippen MR) is 184 cm³/mol. The maximum Gasteiger partial charge on any atom is 0.252 e. The minimum Gasteiger partial charge on any atom is -0.257 e. The summed E-state index contributed by atoms with van der Waals surface area (Å²) >= 11 is 0. The van der Waals surface area contributed by atoms with Gasteiger partial charge in [-0.15, -0.1) is 30.7 Å². The molecule has 0 aliphatic carbocycles. The summed E-state index contributed by atoms with van der Waals surface area (Å²) in [5.41, 5.74) is 3.98. The van der Waals surface area contributed by atoms with Crippen LogP contribution in [0.4, 0.5) is 28.7 Å². The third-order valence-electron chi connectivity index (χ3n) is 7.92. The molecule has 0 atom stereocenters. The first kappa shape index (κ1) is 31.3. The summed E-state index contributed by atoms with van der Waals surface area (Å²) in [6.45, 7) is 11.1. The van der Waals surface area contributed by atoms with Crippen LogP contribution in [0.5, 0.6) is 0 Å². The zero-order valence-corrected chi connectivity index (χ0v) is 27.7. The van der Waals surface area contributed by atoms with Crippen LogP contribution < -0.4 is 0 Å². The molecule has 0 unspecified atom stereocenters. The Kier molecular flexibility index (Phi) is 7.27. The average Bonchev–Trinajstić information content (AvgIpc) is 4.06. The number of aromatic amines is 2. The van der Waals surface area contributed by atoms with Crippen LogP contribution in [0.25, 0.3) is 50.9 Å². The molecule has 9 aromatic heterocycles. The quantitative estimate of drug-likeness (QED) is 0.156. The molecule has 9 heterocycles. The van der Waals surface area contributed by atoms with Crippen molar-refractivity contribution < 1.29 is 0 Å². The van der Waals surface area contributed by atoms with Crippen molar-refractivity contribution in [3.8, 4) is 40.9 Å². The van der Waals surface area contributed by atoms with Gasteiger partial charge in [-0.25, -0.2) is 19.8 Å². The molecule has 0 saturated heterocycles. The third kappa shape index (κ3) is 5.09. The minimum atomic E-state index is 0.160. The fourth-order valence-corrected chi connectivity index (χ4v) is 5.40. The summed E-state index contributed by atoms with van der Waals surface area (Å²) in [6.07, 6.45) is 7.51. The maximum absolute atomic E-state index is 9.65. The van der Waals surface area contributed by atoms with Crippen molar-refractivity contribution in [2.45, 2.75) is 13.8 Å². The standard InChI is InChI=1S/C31H19N23/c1-16-23(41-43-25-18(13-32)14-37-51(25)22-7-4-5-10-34-22)29-47-45-26(52(29)49-16)19-8-9-20(40-39-19)27-46-48-30-24(17(2)50-53(27)30)42-44-28-21(33-3)15-38-54(28)31-35-11-6-12-36-31/h4-12,14-15,47-48H,1-2H3. The van der Waals surface area contributed by atoms with Gasteiger partial charge in [-0.2, -0.15) is 54.2 Å². The molecule has 0 aliphatic rings. The Morgan fingerprint density at radius 3 is 1.91 bits per heavy atom. The molecule has 0 saturated carbocycles. The number of H-pyrrole nitrogens is 2. The number of nitrogens with zero attached hydrogens (tertiary/aromatic N) is 21. The minimum absolute atomic E-state index is 0.160. The Labute approximate surface area is 300 Å². The van der Waals surface area contributed by atoms with Gasteiger partial charge in [0, 0.05) is 18.6 Å². The molecule has 0 aromatic carbocycles. The van der Waals surface area contributed by atoms with E-state index in [1.165, 1.54) is 21.8 Å². The lowest BCUT2D eigenvalue weighted by molar-refractivity contribution is 0.803. The van der Waals surface area contributed by atoms with Crippen LogP contribution in [0.1, 0.15) is 17.0 Å². The second-order valence-electron chi connectivity index (χ2n) is 11.2. The van der Waals surface area contributed by atoms with Crippen LogP contribution in [0, 0.1) is 31.8 Å². The van der Waals surface area contributed by atoms with E-state index < -0.39 is 0 Å². The zero-order chi connectivity index (χ0) is 36.8. The Hall–Kier alpha value is -8.73. The summed E-state index contributed by atoms with van der Waals surface area (Å²) < 4.78 is 5.85. The third-order valence-corrected chi connectivity index (χ3v) is 7.92. The van der Waals surface area contributed by atoms with E-state index >= 15 is 0 Å². The molecule has 258 valence electrons. The summed E-state index contributed by atoms with van der Waals surface area (Å²) in [5.74, 6) is 1.83. The van der Waals surface area contributed by atoms with E-state index in [4.69, 9.17) is 6.57 Å². The molecule has 9 rings (SSSR count). The van der Waals surface area contributed by atoms with E-state index in [1.807, 2.05) is 0 Å². The van der Waals surface area contributed by atoms with Gasteiger partial charge in [-0.05, 0) is 44.2 Å². The van der Waals surface area contributed by atoms with E-state index in [9.17, 15) is 5.26 Å². The molecule has 23 nitrogen and oxygen atoms in total. The molecule has 0 spiro atoms. The number of aromatic nitrogens is 17. The molecule has 0 amide bonds. The number of fused-ring (bicyclic) bond motifs is 2. The largest absolute Gasteiger partial charge is 0.257 e. The fourth-order valence-electron chi connectivity index (χ4n) is 5.40. The molecule has 23 heteroatoms. The number of azo groups is 2. The molecule has 9 aromatic rings. The average molecular weight is 714 g/mol. The molecule has 0 aliphatic heterocycles. The first-order valence-electron chi connectivity index (χ1n) is 15.7. The number of nitrogens with one attached hydrogen (secondary N) is 2. The van der Waals surface area contributed by atoms with Gasteiger partial charge in [-0.3, -0.25) is 10.2 Å². The van der Waals surface area contributed by atoms with Crippen molar-refractivity contribution in [2.75, 3.05) is 0 Å². The van der Waals surface area contributed by atoms with Crippen molar-refractivity contribution in [3.63, 3.8) is 0 Å². The predicted octanol–water partition coefficient (Wildman–Crippen LogP) is 4.98. The first-order valence-corrected chi connectivity index (χ1v) is 15.7. The van der Waals surface area contributed by atoms with Crippen LogP contribution in [-0.2, 0) is 0 Å². The summed E-state index contributed by atoms with van der Waals surface area (Å²) in [7, 11) is 0. The highest BCUT2D eigenvalue weighted by Crippen LogP contribution is 2.34. The SMILES string of the molecule is [C-]#[N+]c1cnn(-c2ncccn2)c1N=Nc1c(C)nn2c(-c3ccc(-c4n[nH]c5c(N=Nc6c(C#N)cnn6-c6ccccn6)c(C)nn45)nn3)n[nH]c12. The molecule has 54 heavy (non-hydrogen) atoms. The van der Waals surface area contributed by atoms with Gasteiger partial charge >= 0.3 is 0 Å². The number of nitriles is 1. The second-order valence-corrected chi connectivity index (χ2v) is 11.2. The lowest BCUT2D eigenvalue weighted by atomic mass is 10.3. The Morgan fingerprint density at radius 2 is 1.33 bits per heavy atom. The van der Waals surface area contributed by atoms with Crippen LogP contribution >= 0.6 is 0 Å². The number of hydrogen-bond acceptors (Lipinski definition) is 16. The van der Waals surface area contributed by atoms with Crippen molar-refractivity contribution in [1.29, 1.82) is 5.26 Å². The smallest absolute Gasteiger partial charge is 0.252 e. The highest BCUT2D eigenvalue weighted by molar-refractivity contribution is 5.72. The van der Waals surface area contributed by atoms with Gasteiger partial charge in [0.1, 0.15) is 23.0 Å². The maximum atomic E-state index is 9.65. The van der Waals surface area contributed by atoms with E-state index in [0.717, 1.165) is 0 Å². The van der Waals surface area contributed by atoms with Gasteiger partial charge < -0.3 is 0 Å². The lowest BCUT2D eigenvalue weighted by Gasteiger charge is -2.01. The van der Waals surface area contributed by atoms with Crippen molar-refractivity contribution in [1.82, 2.24) is 84.3 Å². The van der Waals surface area contributed by atoms with Crippen LogP contribution in [-0.4, -0.2) is 84.3 Å². The summed E-state index contributed by atoms with van der Waals surface area (Å²) in [5, 5.41) is 68.2. The van der Waals surface area contributed by atoms with E-state index in [2.05, 4.69) is 97.3 Å². The fraction of sp³-hybridized carbons (Fsp3) is 0.0645. The first-order chi connectivity index (χ1) is 26.5. The number of hydrogen-bond donors (Lipinski definition) is 2. The van der Waals surface area contributed by atoms with Gasteiger partial charge in [0.15, 0.2) is 40.1 Å². The highest BCUT2D eigenvalue weighted by Gasteiger charge is 2.22. The van der Waals surface area contributed by atoms with Gasteiger partial charge in [0.2, 0.25) is 11.6 Å². The van der Waals surface area contributed by atoms with Gasteiger partial charge in [-0.1, -0.05) is 6.07 Å². The molecule has 2 N–H and O–H groups in total. The number of pyridine rings is 1. The number of aryl methyl sites for hydroxylation is 2. The molecule has 0 radical (unpaired) electrons. The lowest BCUT2D eigenvalue weighted by Crippen LogP contribution is -2.00. The second kappa shape index (κ2) is 12.5. The summed E-state index contributed by atoms with van der Waals surface area (Å²) in [4.78, 5) is 16.2. The monoisotopic (exact) mass is 713 g/mol.